The van der Waals surface area contributed by atoms with Crippen molar-refractivity contribution in [1.29, 1.82) is 0 Å². The van der Waals surface area contributed by atoms with Gasteiger partial charge in [-0.05, 0) is 88.0 Å². The van der Waals surface area contributed by atoms with Crippen molar-refractivity contribution in [3.8, 4) is 5.75 Å². The number of halogens is 1. The van der Waals surface area contributed by atoms with Crippen LogP contribution < -0.4 is 4.74 Å². The summed E-state index contributed by atoms with van der Waals surface area (Å²) >= 11 is 3.04. The van der Waals surface area contributed by atoms with E-state index in [1.807, 2.05) is 24.3 Å². The van der Waals surface area contributed by atoms with E-state index in [-0.39, 0.29) is 39.6 Å². The molecule has 10 heteroatoms. The Balaban J connectivity index is 1.46. The predicted molar refractivity (Wildman–Crippen MR) is 135 cm³/mol. The number of non-ortho nitro benzene ring substituents is 1. The van der Waals surface area contributed by atoms with E-state index in [1.165, 1.54) is 29.2 Å². The second-order valence-corrected chi connectivity index (χ2v) is 9.40. The van der Waals surface area contributed by atoms with Gasteiger partial charge in [0.15, 0.2) is 0 Å². The van der Waals surface area contributed by atoms with Crippen LogP contribution in [0.5, 0.6) is 5.75 Å². The highest BCUT2D eigenvalue weighted by Gasteiger charge is 2.35. The fourth-order valence-corrected chi connectivity index (χ4v) is 4.31. The van der Waals surface area contributed by atoms with Gasteiger partial charge in [-0.3, -0.25) is 24.6 Å². The number of amides is 2. The molecule has 0 spiro atoms. The van der Waals surface area contributed by atoms with Gasteiger partial charge in [0, 0.05) is 15.7 Å². The molecule has 2 amide bonds. The van der Waals surface area contributed by atoms with Gasteiger partial charge < -0.3 is 4.74 Å². The third kappa shape index (κ3) is 5.51. The van der Waals surface area contributed by atoms with Crippen LogP contribution in [0.3, 0.4) is 0 Å². The molecule has 1 aliphatic heterocycles. The summed E-state index contributed by atoms with van der Waals surface area (Å²) in [6.07, 6.45) is 1.57. The Bertz CT molecular complexity index is 1320. The van der Waals surface area contributed by atoms with Gasteiger partial charge in [0.1, 0.15) is 5.75 Å². The third-order valence-corrected chi connectivity index (χ3v) is 6.43. The van der Waals surface area contributed by atoms with Crippen molar-refractivity contribution in [2.45, 2.75) is 6.54 Å². The van der Waals surface area contributed by atoms with E-state index in [0.29, 0.717) is 5.56 Å². The quantitative estimate of drug-likeness (QED) is 0.0917. The first kappa shape index (κ1) is 23.6. The van der Waals surface area contributed by atoms with Gasteiger partial charge in [-0.2, -0.15) is 0 Å². The molecule has 0 aliphatic carbocycles. The zero-order valence-corrected chi connectivity index (χ0v) is 20.3. The molecule has 1 aliphatic rings. The molecule has 34 heavy (non-hydrogen) atoms. The van der Waals surface area contributed by atoms with Gasteiger partial charge in [0.2, 0.25) is 0 Å². The van der Waals surface area contributed by atoms with Gasteiger partial charge in [0.05, 0.1) is 21.9 Å². The summed E-state index contributed by atoms with van der Waals surface area (Å²) in [5.41, 5.74) is 1.46. The average molecular weight is 586 g/mol. The summed E-state index contributed by atoms with van der Waals surface area (Å²) in [5, 5.41) is 10.4. The van der Waals surface area contributed by atoms with Crippen LogP contribution in [-0.4, -0.2) is 26.9 Å². The lowest BCUT2D eigenvalue weighted by atomic mass is 10.2. The minimum absolute atomic E-state index is 0.130. The van der Waals surface area contributed by atoms with Crippen molar-refractivity contribution in [1.82, 2.24) is 4.90 Å². The van der Waals surface area contributed by atoms with Crippen molar-refractivity contribution in [2.75, 3.05) is 0 Å². The van der Waals surface area contributed by atoms with Gasteiger partial charge in [0.25, 0.3) is 16.8 Å². The van der Waals surface area contributed by atoms with E-state index in [9.17, 15) is 24.5 Å². The molecule has 3 aromatic rings. The van der Waals surface area contributed by atoms with E-state index < -0.39 is 10.9 Å². The van der Waals surface area contributed by atoms with Crippen LogP contribution >= 0.6 is 34.4 Å². The van der Waals surface area contributed by atoms with Crippen LogP contribution in [0.1, 0.15) is 21.5 Å². The predicted octanol–water partition coefficient (Wildman–Crippen LogP) is 5.66. The van der Waals surface area contributed by atoms with Crippen molar-refractivity contribution < 1.29 is 24.0 Å². The largest absolute Gasteiger partial charge is 0.423 e. The molecule has 0 bridgehead atoms. The van der Waals surface area contributed by atoms with Crippen LogP contribution in [0.15, 0.2) is 77.7 Å². The minimum Gasteiger partial charge on any atom is -0.423 e. The van der Waals surface area contributed by atoms with Crippen LogP contribution in [0, 0.1) is 13.7 Å². The highest BCUT2D eigenvalue weighted by Crippen LogP contribution is 2.33. The molecule has 0 aromatic heterocycles. The number of hydrogen-bond acceptors (Lipinski definition) is 7. The summed E-state index contributed by atoms with van der Waals surface area (Å²) in [4.78, 5) is 49.2. The monoisotopic (exact) mass is 586 g/mol. The van der Waals surface area contributed by atoms with Crippen molar-refractivity contribution in [2.24, 2.45) is 0 Å². The summed E-state index contributed by atoms with van der Waals surface area (Å²) in [7, 11) is 0. The van der Waals surface area contributed by atoms with E-state index in [0.717, 1.165) is 20.9 Å². The summed E-state index contributed by atoms with van der Waals surface area (Å²) in [6, 6.07) is 19.1. The average Bonchev–Trinajstić information content (AvgIpc) is 3.08. The first-order valence-corrected chi connectivity index (χ1v) is 11.8. The molecular formula is C24H15IN2O6S. The van der Waals surface area contributed by atoms with Crippen molar-refractivity contribution in [3.63, 3.8) is 0 Å². The number of hydrogen-bond donors (Lipinski definition) is 0. The normalized spacial score (nSPS) is 14.5. The summed E-state index contributed by atoms with van der Waals surface area (Å²) in [6.45, 7) is 0.186. The zero-order valence-electron chi connectivity index (χ0n) is 17.3. The standard InChI is InChI=1S/C24H15IN2O6S/c25-18-8-4-15(5-9-18)14-26-22(28)21(34-24(26)30)13-16-2-1-3-20(12-16)33-23(29)17-6-10-19(11-7-17)27(31)32/h1-13H,14H2/b21-13-. The molecule has 0 saturated carbocycles. The molecule has 170 valence electrons. The molecule has 1 heterocycles. The minimum atomic E-state index is -0.676. The van der Waals surface area contributed by atoms with Gasteiger partial charge in [-0.15, -0.1) is 0 Å². The first-order valence-electron chi connectivity index (χ1n) is 9.87. The van der Waals surface area contributed by atoms with Crippen LogP contribution in [0.25, 0.3) is 6.08 Å². The second-order valence-electron chi connectivity index (χ2n) is 7.16. The number of nitrogens with zero attached hydrogens (tertiary/aromatic N) is 2. The lowest BCUT2D eigenvalue weighted by molar-refractivity contribution is -0.384. The maximum absolute atomic E-state index is 12.8. The van der Waals surface area contributed by atoms with E-state index in [1.54, 1.807) is 30.3 Å². The molecule has 1 fully saturated rings. The number of thioether (sulfide) groups is 1. The number of esters is 1. The molecule has 8 nitrogen and oxygen atoms in total. The molecule has 0 radical (unpaired) electrons. The van der Waals surface area contributed by atoms with Gasteiger partial charge in [-0.25, -0.2) is 4.79 Å². The summed E-state index contributed by atoms with van der Waals surface area (Å²) < 4.78 is 6.42. The number of rotatable bonds is 6. The number of nitro benzene ring substituents is 1. The fourth-order valence-electron chi connectivity index (χ4n) is 3.11. The van der Waals surface area contributed by atoms with Crippen LogP contribution in [0.4, 0.5) is 10.5 Å². The number of nitro groups is 1. The topological polar surface area (TPSA) is 107 Å². The van der Waals surface area contributed by atoms with Crippen molar-refractivity contribution in [3.05, 3.63) is 108 Å². The first-order chi connectivity index (χ1) is 16.3. The number of carbonyl (C=O) groups is 3. The van der Waals surface area contributed by atoms with E-state index >= 15 is 0 Å². The number of carbonyl (C=O) groups excluding carboxylic acids is 3. The Kier molecular flexibility index (Phi) is 7.08. The third-order valence-electron chi connectivity index (χ3n) is 4.81. The fraction of sp³-hybridized carbons (Fsp3) is 0.0417. The Hall–Kier alpha value is -3.51. The summed E-state index contributed by atoms with van der Waals surface area (Å²) in [5.74, 6) is -0.832. The maximum Gasteiger partial charge on any atom is 0.343 e. The van der Waals surface area contributed by atoms with Crippen molar-refractivity contribution >= 4 is 63.2 Å². The zero-order chi connectivity index (χ0) is 24.2. The van der Waals surface area contributed by atoms with Crippen LogP contribution in [0.2, 0.25) is 0 Å². The van der Waals surface area contributed by atoms with Gasteiger partial charge >= 0.3 is 5.97 Å². The number of imide groups is 1. The van der Waals surface area contributed by atoms with Gasteiger partial charge in [-0.1, -0.05) is 24.3 Å². The lowest BCUT2D eigenvalue weighted by Gasteiger charge is -2.12. The molecule has 1 saturated heterocycles. The molecule has 0 N–H and O–H groups in total. The Morgan fingerprint density at radius 1 is 1.06 bits per heavy atom. The highest BCUT2D eigenvalue weighted by atomic mass is 127. The molecule has 3 aromatic carbocycles. The molecule has 4 rings (SSSR count). The maximum atomic E-state index is 12.8. The Labute approximate surface area is 211 Å². The molecule has 0 atom stereocenters. The number of benzene rings is 3. The Morgan fingerprint density at radius 3 is 2.44 bits per heavy atom. The Morgan fingerprint density at radius 2 is 1.76 bits per heavy atom. The second kappa shape index (κ2) is 10.2. The lowest BCUT2D eigenvalue weighted by Crippen LogP contribution is -2.27. The van der Waals surface area contributed by atoms with E-state index in [4.69, 9.17) is 4.74 Å². The molecule has 0 unspecified atom stereocenters. The highest BCUT2D eigenvalue weighted by molar-refractivity contribution is 14.1. The smallest absolute Gasteiger partial charge is 0.343 e. The SMILES string of the molecule is O=C(Oc1cccc(/C=C2\SC(=O)N(Cc3ccc(I)cc3)C2=O)c1)c1ccc([N+](=O)[O-])cc1. The van der Waals surface area contributed by atoms with E-state index in [2.05, 4.69) is 22.6 Å². The van der Waals surface area contributed by atoms with Crippen LogP contribution in [-0.2, 0) is 11.3 Å². The number of ether oxygens (including phenoxy) is 1. The molecular weight excluding hydrogens is 571 g/mol.